The van der Waals surface area contributed by atoms with E-state index in [9.17, 15) is 14.0 Å². The van der Waals surface area contributed by atoms with Crippen molar-refractivity contribution >= 4 is 23.4 Å². The van der Waals surface area contributed by atoms with Crippen LogP contribution in [-0.2, 0) is 14.3 Å². The second kappa shape index (κ2) is 8.13. The Balaban J connectivity index is 0.00000225. The number of halogens is 1. The SMILES string of the molecule is CC(=O)NC[C@H]1CN(c2ccc(N3CCOCC3)c(F)c2)C(=O)O1.N. The van der Waals surface area contributed by atoms with E-state index in [0.717, 1.165) is 0 Å². The number of hydrogen-bond donors (Lipinski definition) is 2. The molecule has 138 valence electrons. The van der Waals surface area contributed by atoms with Crippen LogP contribution in [0.15, 0.2) is 18.2 Å². The van der Waals surface area contributed by atoms with Crippen molar-refractivity contribution < 1.29 is 23.5 Å². The van der Waals surface area contributed by atoms with Crippen LogP contribution in [0, 0.1) is 5.82 Å². The fraction of sp³-hybridized carbons (Fsp3) is 0.500. The smallest absolute Gasteiger partial charge is 0.414 e. The molecule has 0 radical (unpaired) electrons. The highest BCUT2D eigenvalue weighted by Crippen LogP contribution is 2.28. The van der Waals surface area contributed by atoms with Crippen LogP contribution < -0.4 is 21.3 Å². The van der Waals surface area contributed by atoms with E-state index in [0.29, 0.717) is 37.7 Å². The molecule has 0 saturated carbocycles. The van der Waals surface area contributed by atoms with Gasteiger partial charge in [-0.3, -0.25) is 9.69 Å². The van der Waals surface area contributed by atoms with Gasteiger partial charge in [-0.2, -0.15) is 0 Å². The van der Waals surface area contributed by atoms with E-state index in [1.165, 1.54) is 17.9 Å². The van der Waals surface area contributed by atoms with Gasteiger partial charge in [-0.05, 0) is 18.2 Å². The number of anilines is 2. The molecule has 4 N–H and O–H groups in total. The second-order valence-corrected chi connectivity index (χ2v) is 5.79. The molecule has 2 aliphatic rings. The first-order chi connectivity index (χ1) is 11.5. The molecular weight excluding hydrogens is 331 g/mol. The topological polar surface area (TPSA) is 106 Å². The number of carbonyl (C=O) groups excluding carboxylic acids is 2. The van der Waals surface area contributed by atoms with E-state index < -0.39 is 12.2 Å². The highest BCUT2D eigenvalue weighted by atomic mass is 19.1. The summed E-state index contributed by atoms with van der Waals surface area (Å²) in [5, 5.41) is 2.61. The summed E-state index contributed by atoms with van der Waals surface area (Å²) in [5.74, 6) is -0.571. The first kappa shape index (κ1) is 18.9. The Morgan fingerprint density at radius 3 is 2.72 bits per heavy atom. The van der Waals surface area contributed by atoms with Gasteiger partial charge >= 0.3 is 6.09 Å². The summed E-state index contributed by atoms with van der Waals surface area (Å²) in [6.45, 7) is 4.34. The van der Waals surface area contributed by atoms with Gasteiger partial charge in [0.15, 0.2) is 0 Å². The molecule has 2 fully saturated rings. The minimum atomic E-state index is -0.538. The molecule has 0 aromatic heterocycles. The molecule has 1 atom stereocenters. The lowest BCUT2D eigenvalue weighted by molar-refractivity contribution is -0.119. The van der Waals surface area contributed by atoms with Crippen molar-refractivity contribution in [2.24, 2.45) is 0 Å². The molecule has 25 heavy (non-hydrogen) atoms. The Labute approximate surface area is 145 Å². The summed E-state index contributed by atoms with van der Waals surface area (Å²) in [4.78, 5) is 26.2. The lowest BCUT2D eigenvalue weighted by atomic mass is 10.2. The van der Waals surface area contributed by atoms with Gasteiger partial charge in [0.05, 0.1) is 37.7 Å². The third-order valence-corrected chi connectivity index (χ3v) is 4.05. The Kier molecular flexibility index (Phi) is 6.16. The summed E-state index contributed by atoms with van der Waals surface area (Å²) in [6.07, 6.45) is -0.979. The van der Waals surface area contributed by atoms with Crippen LogP contribution in [0.1, 0.15) is 6.92 Å². The highest BCUT2D eigenvalue weighted by molar-refractivity contribution is 5.90. The quantitative estimate of drug-likeness (QED) is 0.844. The van der Waals surface area contributed by atoms with E-state index in [4.69, 9.17) is 9.47 Å². The third kappa shape index (κ3) is 4.37. The maximum Gasteiger partial charge on any atom is 0.414 e. The van der Waals surface area contributed by atoms with Gasteiger partial charge < -0.3 is 25.8 Å². The molecule has 2 aliphatic heterocycles. The van der Waals surface area contributed by atoms with Gasteiger partial charge in [0.25, 0.3) is 0 Å². The van der Waals surface area contributed by atoms with Crippen molar-refractivity contribution in [3.8, 4) is 0 Å². The van der Waals surface area contributed by atoms with Crippen LogP contribution in [0.3, 0.4) is 0 Å². The Morgan fingerprint density at radius 2 is 2.08 bits per heavy atom. The normalized spacial score (nSPS) is 20.1. The predicted octanol–water partition coefficient (Wildman–Crippen LogP) is 1.29. The average Bonchev–Trinajstić information content (AvgIpc) is 2.94. The standard InChI is InChI=1S/C16H20FN3O4.H3N/c1-11(21)18-9-13-10-20(16(22)24-13)12-2-3-15(14(17)8-12)19-4-6-23-7-5-19;/h2-3,8,13H,4-7,9-10H2,1H3,(H,18,21);1H3/t13-;/m0./s1. The van der Waals surface area contributed by atoms with Crippen LogP contribution >= 0.6 is 0 Å². The average molecular weight is 354 g/mol. The van der Waals surface area contributed by atoms with E-state index in [1.807, 2.05) is 4.90 Å². The fourth-order valence-corrected chi connectivity index (χ4v) is 2.82. The Morgan fingerprint density at radius 1 is 1.36 bits per heavy atom. The zero-order chi connectivity index (χ0) is 17.1. The van der Waals surface area contributed by atoms with Gasteiger partial charge in [-0.25, -0.2) is 9.18 Å². The number of benzene rings is 1. The molecule has 2 amide bonds. The molecule has 2 heterocycles. The van der Waals surface area contributed by atoms with Crippen LogP contribution in [0.5, 0.6) is 0 Å². The molecule has 0 unspecified atom stereocenters. The molecule has 8 nitrogen and oxygen atoms in total. The van der Waals surface area contributed by atoms with Crippen LogP contribution in [0.4, 0.5) is 20.6 Å². The first-order valence-electron chi connectivity index (χ1n) is 7.89. The number of carbonyl (C=O) groups is 2. The summed E-state index contributed by atoms with van der Waals surface area (Å²) in [7, 11) is 0. The number of hydrogen-bond acceptors (Lipinski definition) is 6. The molecule has 0 spiro atoms. The van der Waals surface area contributed by atoms with Crippen LogP contribution in [0.25, 0.3) is 0 Å². The van der Waals surface area contributed by atoms with E-state index >= 15 is 0 Å². The highest BCUT2D eigenvalue weighted by Gasteiger charge is 2.32. The zero-order valence-electron chi connectivity index (χ0n) is 14.2. The van der Waals surface area contributed by atoms with Crippen molar-refractivity contribution in [1.29, 1.82) is 0 Å². The van der Waals surface area contributed by atoms with Crippen LogP contribution in [0.2, 0.25) is 0 Å². The summed E-state index contributed by atoms with van der Waals surface area (Å²) >= 11 is 0. The minimum absolute atomic E-state index is 0. The fourth-order valence-electron chi connectivity index (χ4n) is 2.82. The van der Waals surface area contributed by atoms with Crippen molar-refractivity contribution in [2.45, 2.75) is 13.0 Å². The van der Waals surface area contributed by atoms with Crippen LogP contribution in [-0.4, -0.2) is 57.5 Å². The first-order valence-corrected chi connectivity index (χ1v) is 7.89. The second-order valence-electron chi connectivity index (χ2n) is 5.79. The van der Waals surface area contributed by atoms with Crippen molar-refractivity contribution in [3.63, 3.8) is 0 Å². The Bertz CT molecular complexity index is 637. The minimum Gasteiger partial charge on any atom is -0.442 e. The zero-order valence-corrected chi connectivity index (χ0v) is 14.2. The summed E-state index contributed by atoms with van der Waals surface area (Å²) in [5.41, 5.74) is 0.948. The Hall–Kier alpha value is -2.39. The molecular formula is C16H23FN4O4. The number of amides is 2. The lowest BCUT2D eigenvalue weighted by Crippen LogP contribution is -2.36. The molecule has 9 heteroatoms. The molecule has 0 aliphatic carbocycles. The number of ether oxygens (including phenoxy) is 2. The van der Waals surface area contributed by atoms with Gasteiger partial charge in [-0.1, -0.05) is 0 Å². The van der Waals surface area contributed by atoms with E-state index in [2.05, 4.69) is 5.32 Å². The van der Waals surface area contributed by atoms with Crippen molar-refractivity contribution in [2.75, 3.05) is 49.2 Å². The van der Waals surface area contributed by atoms with Gasteiger partial charge in [0.1, 0.15) is 11.9 Å². The third-order valence-electron chi connectivity index (χ3n) is 4.05. The van der Waals surface area contributed by atoms with Gasteiger partial charge in [-0.15, -0.1) is 0 Å². The predicted molar refractivity (Wildman–Crippen MR) is 90.8 cm³/mol. The number of nitrogens with one attached hydrogen (secondary N) is 1. The number of cyclic esters (lactones) is 1. The van der Waals surface area contributed by atoms with Crippen molar-refractivity contribution in [3.05, 3.63) is 24.0 Å². The number of nitrogens with zero attached hydrogens (tertiary/aromatic N) is 2. The monoisotopic (exact) mass is 354 g/mol. The van der Waals surface area contributed by atoms with Gasteiger partial charge in [0.2, 0.25) is 5.91 Å². The molecule has 1 aromatic rings. The summed E-state index contributed by atoms with van der Waals surface area (Å²) in [6, 6.07) is 4.72. The molecule has 2 saturated heterocycles. The number of morpholine rings is 1. The van der Waals surface area contributed by atoms with E-state index in [1.54, 1.807) is 12.1 Å². The lowest BCUT2D eigenvalue weighted by Gasteiger charge is -2.29. The molecule has 3 rings (SSSR count). The largest absolute Gasteiger partial charge is 0.442 e. The maximum absolute atomic E-state index is 14.4. The molecule has 1 aromatic carbocycles. The summed E-state index contributed by atoms with van der Waals surface area (Å²) < 4.78 is 24.9. The van der Waals surface area contributed by atoms with Crippen molar-refractivity contribution in [1.82, 2.24) is 11.5 Å². The van der Waals surface area contributed by atoms with Gasteiger partial charge in [0, 0.05) is 20.0 Å². The maximum atomic E-state index is 14.4. The van der Waals surface area contributed by atoms with E-state index in [-0.39, 0.29) is 31.0 Å². The molecule has 0 bridgehead atoms. The number of rotatable bonds is 4.